The summed E-state index contributed by atoms with van der Waals surface area (Å²) in [5.41, 5.74) is 1.85. The van der Waals surface area contributed by atoms with E-state index in [1.165, 1.54) is 11.8 Å². The van der Waals surface area contributed by atoms with Crippen molar-refractivity contribution in [3.05, 3.63) is 29.2 Å². The van der Waals surface area contributed by atoms with Gasteiger partial charge in [-0.3, -0.25) is 0 Å². The lowest BCUT2D eigenvalue weighted by Gasteiger charge is -2.05. The van der Waals surface area contributed by atoms with E-state index in [1.54, 1.807) is 6.20 Å². The van der Waals surface area contributed by atoms with Gasteiger partial charge in [0.1, 0.15) is 10.9 Å². The largest absolute Gasteiger partial charge is 0.392 e. The lowest BCUT2D eigenvalue weighted by Crippen LogP contribution is -1.95. The van der Waals surface area contributed by atoms with Crippen LogP contribution < -0.4 is 0 Å². The van der Waals surface area contributed by atoms with Crippen molar-refractivity contribution in [2.45, 2.75) is 30.6 Å². The van der Waals surface area contributed by atoms with Crippen molar-refractivity contribution < 1.29 is 5.11 Å². The second kappa shape index (κ2) is 4.85. The lowest BCUT2D eigenvalue weighted by atomic mass is 10.2. The van der Waals surface area contributed by atoms with E-state index < -0.39 is 0 Å². The molecule has 0 spiro atoms. The Hall–Kier alpha value is -1.40. The van der Waals surface area contributed by atoms with Crippen LogP contribution in [0.15, 0.2) is 22.4 Å². The van der Waals surface area contributed by atoms with Crippen molar-refractivity contribution >= 4 is 11.8 Å². The molecular weight excluding hydrogens is 236 g/mol. The van der Waals surface area contributed by atoms with Gasteiger partial charge in [-0.25, -0.2) is 4.98 Å². The van der Waals surface area contributed by atoms with Crippen LogP contribution in [0.4, 0.5) is 0 Å². The van der Waals surface area contributed by atoms with Crippen molar-refractivity contribution in [3.63, 3.8) is 0 Å². The van der Waals surface area contributed by atoms with E-state index in [0.29, 0.717) is 0 Å². The van der Waals surface area contributed by atoms with E-state index in [0.717, 1.165) is 27.1 Å². The maximum Gasteiger partial charge on any atom is 0.197 e. The first-order chi connectivity index (χ1) is 8.11. The van der Waals surface area contributed by atoms with Crippen molar-refractivity contribution in [1.82, 2.24) is 19.7 Å². The summed E-state index contributed by atoms with van der Waals surface area (Å²) in [6.07, 6.45) is 1.68. The van der Waals surface area contributed by atoms with E-state index in [4.69, 9.17) is 5.11 Å². The number of pyridine rings is 1. The predicted molar refractivity (Wildman–Crippen MR) is 64.8 cm³/mol. The molecule has 0 saturated heterocycles. The van der Waals surface area contributed by atoms with Gasteiger partial charge in [0.2, 0.25) is 0 Å². The Kier molecular flexibility index (Phi) is 3.44. The van der Waals surface area contributed by atoms with E-state index in [-0.39, 0.29) is 6.61 Å². The number of nitrogens with zero attached hydrogens (tertiary/aromatic N) is 4. The average Bonchev–Trinajstić information content (AvgIpc) is 2.63. The summed E-state index contributed by atoms with van der Waals surface area (Å²) in [4.78, 5) is 4.32. The van der Waals surface area contributed by atoms with Gasteiger partial charge in [0.05, 0.1) is 6.61 Å². The predicted octanol–water partition coefficient (Wildman–Crippen LogP) is 1.47. The molecular formula is C11H14N4OS. The molecule has 5 nitrogen and oxygen atoms in total. The smallest absolute Gasteiger partial charge is 0.197 e. The minimum atomic E-state index is 0.0157. The number of hydrogen-bond acceptors (Lipinski definition) is 5. The minimum absolute atomic E-state index is 0.0157. The number of aliphatic hydroxyl groups excluding tert-OH is 1. The van der Waals surface area contributed by atoms with E-state index >= 15 is 0 Å². The molecule has 2 aromatic rings. The highest BCUT2D eigenvalue weighted by molar-refractivity contribution is 7.99. The van der Waals surface area contributed by atoms with Gasteiger partial charge in [0.25, 0.3) is 0 Å². The van der Waals surface area contributed by atoms with Gasteiger partial charge in [-0.1, -0.05) is 0 Å². The molecule has 90 valence electrons. The second-order valence-corrected chi connectivity index (χ2v) is 4.77. The topological polar surface area (TPSA) is 63.8 Å². The highest BCUT2D eigenvalue weighted by Gasteiger charge is 2.10. The van der Waals surface area contributed by atoms with Gasteiger partial charge in [0.15, 0.2) is 5.16 Å². The first-order valence-electron chi connectivity index (χ1n) is 5.22. The third-order valence-corrected chi connectivity index (χ3v) is 3.67. The molecule has 0 unspecified atom stereocenters. The summed E-state index contributed by atoms with van der Waals surface area (Å²) in [6.45, 7) is 3.89. The van der Waals surface area contributed by atoms with Crippen molar-refractivity contribution in [1.29, 1.82) is 0 Å². The van der Waals surface area contributed by atoms with Crippen LogP contribution in [-0.2, 0) is 13.7 Å². The van der Waals surface area contributed by atoms with Crippen LogP contribution in [0.2, 0.25) is 0 Å². The molecule has 0 aromatic carbocycles. The summed E-state index contributed by atoms with van der Waals surface area (Å²) in [7, 11) is 1.93. The molecule has 1 N–H and O–H groups in total. The number of rotatable bonds is 3. The van der Waals surface area contributed by atoms with Crippen LogP contribution in [0.1, 0.15) is 17.0 Å². The van der Waals surface area contributed by atoms with Gasteiger partial charge < -0.3 is 9.67 Å². The molecule has 2 rings (SSSR count). The van der Waals surface area contributed by atoms with Gasteiger partial charge in [-0.05, 0) is 42.8 Å². The molecule has 0 radical (unpaired) electrons. The van der Waals surface area contributed by atoms with Gasteiger partial charge in [0, 0.05) is 13.2 Å². The molecule has 0 fully saturated rings. The quantitative estimate of drug-likeness (QED) is 0.893. The molecule has 2 heterocycles. The van der Waals surface area contributed by atoms with E-state index in [2.05, 4.69) is 15.2 Å². The summed E-state index contributed by atoms with van der Waals surface area (Å²) < 4.78 is 1.92. The summed E-state index contributed by atoms with van der Waals surface area (Å²) in [5.74, 6) is 0.872. The number of hydrogen-bond donors (Lipinski definition) is 1. The highest BCUT2D eigenvalue weighted by Crippen LogP contribution is 2.27. The van der Waals surface area contributed by atoms with Crippen molar-refractivity contribution in [3.8, 4) is 0 Å². The van der Waals surface area contributed by atoms with Gasteiger partial charge >= 0.3 is 0 Å². The average molecular weight is 250 g/mol. The summed E-state index contributed by atoms with van der Waals surface area (Å²) in [6, 6.07) is 1.93. The van der Waals surface area contributed by atoms with Crippen molar-refractivity contribution in [2.24, 2.45) is 7.05 Å². The standard InChI is InChI=1S/C11H14N4OS/c1-7-4-9(6-16)5-12-10(7)17-11-14-13-8(2)15(11)3/h4-5,16H,6H2,1-3H3. The molecule has 6 heteroatoms. The Bertz CT molecular complexity index is 538. The summed E-state index contributed by atoms with van der Waals surface area (Å²) in [5, 5.41) is 18.8. The van der Waals surface area contributed by atoms with Crippen LogP contribution in [-0.4, -0.2) is 24.9 Å². The number of aliphatic hydroxyl groups is 1. The molecule has 0 atom stereocenters. The van der Waals surface area contributed by atoms with Crippen LogP contribution in [0.3, 0.4) is 0 Å². The van der Waals surface area contributed by atoms with E-state index in [9.17, 15) is 0 Å². The zero-order valence-electron chi connectivity index (χ0n) is 10.0. The maximum atomic E-state index is 9.02. The monoisotopic (exact) mass is 250 g/mol. The van der Waals surface area contributed by atoms with Crippen LogP contribution in [0.5, 0.6) is 0 Å². The van der Waals surface area contributed by atoms with Gasteiger partial charge in [-0.2, -0.15) is 0 Å². The number of aryl methyl sites for hydroxylation is 2. The molecule has 0 bridgehead atoms. The molecule has 0 aliphatic rings. The Morgan fingerprint density at radius 1 is 1.35 bits per heavy atom. The SMILES string of the molecule is Cc1cc(CO)cnc1Sc1nnc(C)n1C. The zero-order chi connectivity index (χ0) is 12.4. The van der Waals surface area contributed by atoms with Crippen LogP contribution >= 0.6 is 11.8 Å². The molecule has 17 heavy (non-hydrogen) atoms. The Morgan fingerprint density at radius 2 is 2.12 bits per heavy atom. The van der Waals surface area contributed by atoms with Crippen LogP contribution in [0, 0.1) is 13.8 Å². The normalized spacial score (nSPS) is 10.8. The molecule has 0 saturated carbocycles. The highest BCUT2D eigenvalue weighted by atomic mass is 32.2. The second-order valence-electron chi connectivity index (χ2n) is 3.81. The fourth-order valence-electron chi connectivity index (χ4n) is 1.38. The Morgan fingerprint density at radius 3 is 2.65 bits per heavy atom. The first kappa shape index (κ1) is 12.1. The fraction of sp³-hybridized carbons (Fsp3) is 0.364. The zero-order valence-corrected chi connectivity index (χ0v) is 10.8. The third kappa shape index (κ3) is 2.48. The summed E-state index contributed by atoms with van der Waals surface area (Å²) >= 11 is 1.48. The van der Waals surface area contributed by atoms with Crippen molar-refractivity contribution in [2.75, 3.05) is 0 Å². The minimum Gasteiger partial charge on any atom is -0.392 e. The fourth-order valence-corrected chi connectivity index (χ4v) is 2.23. The number of aromatic nitrogens is 4. The molecule has 0 amide bonds. The molecule has 0 aliphatic carbocycles. The lowest BCUT2D eigenvalue weighted by molar-refractivity contribution is 0.281. The first-order valence-corrected chi connectivity index (χ1v) is 6.03. The Balaban J connectivity index is 2.27. The van der Waals surface area contributed by atoms with Gasteiger partial charge in [-0.15, -0.1) is 10.2 Å². The Labute approximate surface area is 104 Å². The van der Waals surface area contributed by atoms with Crippen LogP contribution in [0.25, 0.3) is 0 Å². The molecule has 2 aromatic heterocycles. The molecule has 0 aliphatic heterocycles. The maximum absolute atomic E-state index is 9.02. The van der Waals surface area contributed by atoms with E-state index in [1.807, 2.05) is 31.5 Å². The third-order valence-electron chi connectivity index (χ3n) is 2.51.